The predicted molar refractivity (Wildman–Crippen MR) is 120 cm³/mol. The number of nitrogens with one attached hydrogen (secondary N) is 1. The van der Waals surface area contributed by atoms with Gasteiger partial charge < -0.3 is 20.1 Å². The van der Waals surface area contributed by atoms with Gasteiger partial charge in [0.2, 0.25) is 7.37 Å². The minimum Gasteiger partial charge on any atom is -0.507 e. The zero-order valence-corrected chi connectivity index (χ0v) is 19.5. The minimum absolute atomic E-state index is 0.0766. The Morgan fingerprint density at radius 2 is 1.74 bits per heavy atom. The minimum atomic E-state index is -3.16. The van der Waals surface area contributed by atoms with Crippen molar-refractivity contribution in [2.24, 2.45) is 0 Å². The van der Waals surface area contributed by atoms with Crippen molar-refractivity contribution >= 4 is 19.2 Å². The molecule has 2 aromatic carbocycles. The highest BCUT2D eigenvalue weighted by molar-refractivity contribution is 7.56. The Bertz CT molecular complexity index is 1000. The molecule has 0 heterocycles. The number of phenolic OH excluding ortho intramolecular Hbond substituents is 1. The number of benzene rings is 2. The van der Waals surface area contributed by atoms with Crippen molar-refractivity contribution in [1.82, 2.24) is 5.32 Å². The number of carbonyl (C=O) groups excluding carboxylic acids is 2. The number of carbonyl (C=O) groups is 2. The molecular formula is C23H30NO6P. The molecule has 8 heteroatoms. The number of aryl methyl sites for hydroxylation is 2. The van der Waals surface area contributed by atoms with Crippen molar-refractivity contribution < 1.29 is 28.9 Å². The maximum absolute atomic E-state index is 12.6. The molecule has 0 aromatic heterocycles. The Kier molecular flexibility index (Phi) is 8.04. The number of phenols is 1. The van der Waals surface area contributed by atoms with E-state index in [1.54, 1.807) is 19.1 Å². The third kappa shape index (κ3) is 6.94. The summed E-state index contributed by atoms with van der Waals surface area (Å²) >= 11 is 0. The number of rotatable bonds is 8. The predicted octanol–water partition coefficient (Wildman–Crippen LogP) is 3.68. The second-order valence-corrected chi connectivity index (χ2v) is 10.3. The van der Waals surface area contributed by atoms with Gasteiger partial charge in [-0.1, -0.05) is 18.2 Å². The molecule has 0 saturated carbocycles. The van der Waals surface area contributed by atoms with Crippen molar-refractivity contribution in [3.05, 3.63) is 63.7 Å². The summed E-state index contributed by atoms with van der Waals surface area (Å²) in [5.74, 6) is -1.29. The lowest BCUT2D eigenvalue weighted by Gasteiger charge is -2.16. The van der Waals surface area contributed by atoms with Crippen molar-refractivity contribution in [3.8, 4) is 5.75 Å². The van der Waals surface area contributed by atoms with E-state index in [0.29, 0.717) is 6.42 Å². The van der Waals surface area contributed by atoms with E-state index >= 15 is 0 Å². The van der Waals surface area contributed by atoms with Gasteiger partial charge in [-0.15, -0.1) is 0 Å². The van der Waals surface area contributed by atoms with Crippen molar-refractivity contribution in [2.45, 2.75) is 46.3 Å². The molecule has 0 fully saturated rings. The lowest BCUT2D eigenvalue weighted by atomic mass is 9.93. The molecule has 0 aliphatic rings. The first-order chi connectivity index (χ1) is 14.4. The van der Waals surface area contributed by atoms with Crippen LogP contribution >= 0.6 is 7.37 Å². The third-order valence-electron chi connectivity index (χ3n) is 4.91. The molecule has 0 aliphatic carbocycles. The van der Waals surface area contributed by atoms with Gasteiger partial charge in [-0.25, -0.2) is 4.79 Å². The van der Waals surface area contributed by atoms with Crippen LogP contribution in [-0.4, -0.2) is 41.2 Å². The van der Waals surface area contributed by atoms with Gasteiger partial charge >= 0.3 is 5.97 Å². The second-order valence-electron chi connectivity index (χ2n) is 7.89. The van der Waals surface area contributed by atoms with Gasteiger partial charge in [-0.2, -0.15) is 0 Å². The van der Waals surface area contributed by atoms with E-state index in [1.165, 1.54) is 19.7 Å². The Hall–Kier alpha value is -2.63. The Labute approximate surface area is 182 Å². The highest BCUT2D eigenvalue weighted by Crippen LogP contribution is 2.40. The number of hydrogen-bond acceptors (Lipinski definition) is 5. The molecule has 0 spiro atoms. The van der Waals surface area contributed by atoms with Crippen LogP contribution in [0, 0.1) is 13.8 Å². The van der Waals surface area contributed by atoms with E-state index in [0.717, 1.165) is 27.8 Å². The van der Waals surface area contributed by atoms with Crippen LogP contribution in [0.5, 0.6) is 5.75 Å². The van der Waals surface area contributed by atoms with Crippen LogP contribution in [0.15, 0.2) is 30.3 Å². The average molecular weight is 447 g/mol. The van der Waals surface area contributed by atoms with E-state index in [2.05, 4.69) is 5.32 Å². The van der Waals surface area contributed by atoms with E-state index in [1.807, 2.05) is 26.0 Å². The molecule has 0 bridgehead atoms. The van der Waals surface area contributed by atoms with Crippen LogP contribution in [0.4, 0.5) is 0 Å². The van der Waals surface area contributed by atoms with Gasteiger partial charge in [0.15, 0.2) is 0 Å². The fourth-order valence-corrected chi connectivity index (χ4v) is 4.33. The summed E-state index contributed by atoms with van der Waals surface area (Å²) in [7, 11) is -3.16. The lowest BCUT2D eigenvalue weighted by molar-refractivity contribution is -0.144. The molecule has 168 valence electrons. The molecule has 3 N–H and O–H groups in total. The van der Waals surface area contributed by atoms with Crippen LogP contribution in [0.2, 0.25) is 0 Å². The third-order valence-corrected chi connectivity index (χ3v) is 5.86. The maximum Gasteiger partial charge on any atom is 0.328 e. The fraction of sp³-hybridized carbons (Fsp3) is 0.391. The number of hydrogen-bond donors (Lipinski definition) is 3. The van der Waals surface area contributed by atoms with Gasteiger partial charge in [0.05, 0.1) is 12.2 Å². The first kappa shape index (κ1) is 24.6. The van der Waals surface area contributed by atoms with Gasteiger partial charge in [0.1, 0.15) is 11.8 Å². The number of aromatic hydroxyl groups is 1. The normalized spacial score (nSPS) is 13.9. The fourth-order valence-electron chi connectivity index (χ4n) is 3.47. The van der Waals surface area contributed by atoms with Gasteiger partial charge in [0, 0.05) is 12.8 Å². The Morgan fingerprint density at radius 1 is 1.13 bits per heavy atom. The zero-order chi connectivity index (χ0) is 23.3. The first-order valence-electron chi connectivity index (χ1n) is 10.1. The van der Waals surface area contributed by atoms with E-state index in [4.69, 9.17) is 4.74 Å². The summed E-state index contributed by atoms with van der Waals surface area (Å²) in [6, 6.07) is 7.77. The molecule has 0 radical (unpaired) electrons. The number of amides is 1. The molecule has 31 heavy (non-hydrogen) atoms. The molecule has 2 unspecified atom stereocenters. The molecule has 2 aromatic rings. The monoisotopic (exact) mass is 447 g/mol. The van der Waals surface area contributed by atoms with Crippen LogP contribution in [0.1, 0.15) is 52.0 Å². The molecule has 2 atom stereocenters. The lowest BCUT2D eigenvalue weighted by Crippen LogP contribution is -2.39. The summed E-state index contributed by atoms with van der Waals surface area (Å²) in [5.41, 5.74) is 4.72. The maximum atomic E-state index is 12.6. The van der Waals surface area contributed by atoms with Crippen LogP contribution in [-0.2, 0) is 26.7 Å². The Balaban J connectivity index is 2.25. The number of esters is 1. The van der Waals surface area contributed by atoms with E-state index in [9.17, 15) is 24.2 Å². The van der Waals surface area contributed by atoms with Crippen LogP contribution in [0.3, 0.4) is 0 Å². The second kappa shape index (κ2) is 10.1. The average Bonchev–Trinajstić information content (AvgIpc) is 2.64. The number of ether oxygens (including phenoxy) is 1. The summed E-state index contributed by atoms with van der Waals surface area (Å²) in [4.78, 5) is 34.0. The molecule has 1 amide bonds. The van der Waals surface area contributed by atoms with Crippen LogP contribution in [0.25, 0.3) is 0 Å². The summed E-state index contributed by atoms with van der Waals surface area (Å²) in [5, 5.41) is 12.7. The van der Waals surface area contributed by atoms with Gasteiger partial charge in [0.25, 0.3) is 5.91 Å². The summed E-state index contributed by atoms with van der Waals surface area (Å²) in [6.45, 7) is 8.65. The Morgan fingerprint density at radius 3 is 2.29 bits per heavy atom. The summed E-state index contributed by atoms with van der Waals surface area (Å²) < 4.78 is 16.6. The van der Waals surface area contributed by atoms with Gasteiger partial charge in [-0.05, 0) is 74.1 Å². The molecule has 7 nitrogen and oxygen atoms in total. The van der Waals surface area contributed by atoms with E-state index < -0.39 is 25.3 Å². The van der Waals surface area contributed by atoms with Crippen molar-refractivity contribution in [1.29, 1.82) is 0 Å². The first-order valence-corrected chi connectivity index (χ1v) is 12.4. The molecule has 0 aliphatic heterocycles. The largest absolute Gasteiger partial charge is 0.507 e. The zero-order valence-electron chi connectivity index (χ0n) is 18.6. The van der Waals surface area contributed by atoms with Crippen molar-refractivity contribution in [2.75, 3.05) is 13.3 Å². The highest BCUT2D eigenvalue weighted by atomic mass is 31.2. The molecular weight excluding hydrogens is 417 g/mol. The van der Waals surface area contributed by atoms with Crippen molar-refractivity contribution in [3.63, 3.8) is 0 Å². The topological polar surface area (TPSA) is 113 Å². The summed E-state index contributed by atoms with van der Waals surface area (Å²) in [6.07, 6.45) is 0.645. The van der Waals surface area contributed by atoms with Gasteiger partial charge in [-0.3, -0.25) is 9.36 Å². The SMILES string of the molecule is CCOC(=O)C(C)NC(=O)c1cc(Cc2c(C)cc(CP(C)(=O)O)cc2C)ccc1O. The van der Waals surface area contributed by atoms with E-state index in [-0.39, 0.29) is 24.1 Å². The smallest absolute Gasteiger partial charge is 0.328 e. The molecule has 0 saturated heterocycles. The molecule has 2 rings (SSSR count). The van der Waals surface area contributed by atoms with Crippen LogP contribution < -0.4 is 5.32 Å². The highest BCUT2D eigenvalue weighted by Gasteiger charge is 2.20. The standard InChI is InChI=1S/C23H30NO6P/c1-6-30-23(27)16(4)24-22(26)20-12-17(7-8-21(20)25)11-19-14(2)9-18(10-15(19)3)13-31(5,28)29/h7-10,12,16,25H,6,11,13H2,1-5H3,(H,24,26)(H,28,29). The quantitative estimate of drug-likeness (QED) is 0.420.